The summed E-state index contributed by atoms with van der Waals surface area (Å²) < 4.78 is 10.4. The van der Waals surface area contributed by atoms with E-state index in [0.29, 0.717) is 13.2 Å². The van der Waals surface area contributed by atoms with Crippen LogP contribution in [0, 0.1) is 11.3 Å². The van der Waals surface area contributed by atoms with E-state index in [1.165, 1.54) is 0 Å². The highest BCUT2D eigenvalue weighted by atomic mass is 16.5. The summed E-state index contributed by atoms with van der Waals surface area (Å²) in [6.45, 7) is 0.915. The summed E-state index contributed by atoms with van der Waals surface area (Å²) in [6, 6.07) is 2.03. The van der Waals surface area contributed by atoms with Crippen LogP contribution in [-0.2, 0) is 9.47 Å². The fourth-order valence-electron chi connectivity index (χ4n) is 1.09. The molecule has 0 aromatic heterocycles. The minimum Gasteiger partial charge on any atom is -0.394 e. The van der Waals surface area contributed by atoms with Crippen molar-refractivity contribution in [1.29, 1.82) is 5.26 Å². The molecule has 0 fully saturated rings. The molecule has 15 heavy (non-hydrogen) atoms. The smallest absolute Gasteiger partial charge is 0.248 e. The van der Waals surface area contributed by atoms with Gasteiger partial charge in [0.25, 0.3) is 0 Å². The Hall–Kier alpha value is -1.35. The van der Waals surface area contributed by atoms with Crippen molar-refractivity contribution < 1.29 is 14.6 Å². The van der Waals surface area contributed by atoms with Crippen molar-refractivity contribution in [1.82, 2.24) is 5.32 Å². The summed E-state index contributed by atoms with van der Waals surface area (Å²) in [5.74, 6) is 0. The van der Waals surface area contributed by atoms with E-state index in [9.17, 15) is 0 Å². The Morgan fingerprint density at radius 1 is 1.33 bits per heavy atom. The summed E-state index contributed by atoms with van der Waals surface area (Å²) in [7, 11) is 0. The second-order valence-electron chi connectivity index (χ2n) is 2.89. The molecule has 0 spiro atoms. The van der Waals surface area contributed by atoms with Gasteiger partial charge in [0, 0.05) is 6.20 Å². The first-order valence-corrected chi connectivity index (χ1v) is 4.69. The zero-order chi connectivity index (χ0) is 11.0. The van der Waals surface area contributed by atoms with E-state index in [1.54, 1.807) is 24.4 Å². The Morgan fingerprint density at radius 2 is 2.20 bits per heavy atom. The Morgan fingerprint density at radius 3 is 2.80 bits per heavy atom. The predicted octanol–water partition coefficient (Wildman–Crippen LogP) is -0.0951. The molecule has 0 amide bonds. The van der Waals surface area contributed by atoms with Crippen LogP contribution >= 0.6 is 0 Å². The summed E-state index contributed by atoms with van der Waals surface area (Å²) in [4.78, 5) is 0. The van der Waals surface area contributed by atoms with Gasteiger partial charge >= 0.3 is 0 Å². The fraction of sp³-hybridized carbons (Fsp3) is 0.500. The number of aliphatic hydroxyl groups is 1. The van der Waals surface area contributed by atoms with Crippen molar-refractivity contribution in [3.05, 3.63) is 24.4 Å². The van der Waals surface area contributed by atoms with Gasteiger partial charge in [-0.3, -0.25) is 0 Å². The van der Waals surface area contributed by atoms with Crippen molar-refractivity contribution in [3.8, 4) is 6.07 Å². The molecular formula is C10H14N2O3. The molecule has 82 valence electrons. The van der Waals surface area contributed by atoms with Gasteiger partial charge in [-0.15, -0.1) is 0 Å². The predicted molar refractivity (Wildman–Crippen MR) is 53.6 cm³/mol. The molecule has 1 rings (SSSR count). The molecule has 1 aliphatic heterocycles. The van der Waals surface area contributed by atoms with E-state index >= 15 is 0 Å². The zero-order valence-corrected chi connectivity index (χ0v) is 8.35. The number of hydrogen-bond acceptors (Lipinski definition) is 5. The summed E-state index contributed by atoms with van der Waals surface area (Å²) in [5, 5.41) is 20.2. The molecule has 5 nitrogen and oxygen atoms in total. The quantitative estimate of drug-likeness (QED) is 0.599. The maximum atomic E-state index is 8.94. The highest BCUT2D eigenvalue weighted by Crippen LogP contribution is 2.11. The Labute approximate surface area is 88.6 Å². The molecule has 1 aliphatic rings. The molecule has 0 bridgehead atoms. The molecule has 1 heterocycles. The van der Waals surface area contributed by atoms with Gasteiger partial charge in [0.15, 0.2) is 0 Å². The highest BCUT2D eigenvalue weighted by molar-refractivity contribution is 5.23. The molecule has 1 unspecified atom stereocenters. The maximum absolute atomic E-state index is 8.94. The number of nitrogens with one attached hydrogen (secondary N) is 1. The normalized spacial score (nSPS) is 23.5. The molecule has 0 saturated carbocycles. The molecular weight excluding hydrogens is 196 g/mol. The van der Waals surface area contributed by atoms with Gasteiger partial charge < -0.3 is 19.9 Å². The first-order chi connectivity index (χ1) is 7.33. The number of ether oxygens (including phenoxy) is 2. The molecule has 0 saturated heterocycles. The van der Waals surface area contributed by atoms with Gasteiger partial charge in [0.2, 0.25) is 5.72 Å². The minimum atomic E-state index is -1.09. The fourth-order valence-corrected chi connectivity index (χ4v) is 1.09. The van der Waals surface area contributed by atoms with Crippen LogP contribution in [0.15, 0.2) is 24.4 Å². The lowest BCUT2D eigenvalue weighted by Gasteiger charge is -2.25. The number of nitrogens with zero attached hydrogens (tertiary/aromatic N) is 1. The summed E-state index contributed by atoms with van der Waals surface area (Å²) in [6.07, 6.45) is 6.81. The number of dihydropyridines is 1. The Kier molecular flexibility index (Phi) is 4.84. The first-order valence-electron chi connectivity index (χ1n) is 4.69. The van der Waals surface area contributed by atoms with Crippen molar-refractivity contribution in [2.45, 2.75) is 5.72 Å². The van der Waals surface area contributed by atoms with E-state index in [0.717, 1.165) is 0 Å². The van der Waals surface area contributed by atoms with Gasteiger partial charge in [-0.25, -0.2) is 0 Å². The standard InChI is InChI=1S/C10H14N2O3/c11-9-10(3-1-2-4-12-10)15-8-7-14-6-5-13/h1-4,12-13H,5-8H2. The maximum Gasteiger partial charge on any atom is 0.248 e. The zero-order valence-electron chi connectivity index (χ0n) is 8.35. The number of nitriles is 1. The van der Waals surface area contributed by atoms with E-state index in [4.69, 9.17) is 19.8 Å². The molecule has 0 radical (unpaired) electrons. The second-order valence-corrected chi connectivity index (χ2v) is 2.89. The molecule has 2 N–H and O–H groups in total. The molecule has 5 heteroatoms. The van der Waals surface area contributed by atoms with Crippen LogP contribution in [0.4, 0.5) is 0 Å². The molecule has 1 atom stereocenters. The third kappa shape index (κ3) is 3.72. The lowest BCUT2D eigenvalue weighted by Crippen LogP contribution is -2.43. The SMILES string of the molecule is N#CC1(OCCOCCO)C=CC=CN1. The molecule has 0 aromatic rings. The Balaban J connectivity index is 2.26. The van der Waals surface area contributed by atoms with Crippen molar-refractivity contribution in [2.75, 3.05) is 26.4 Å². The third-order valence-electron chi connectivity index (χ3n) is 1.80. The summed E-state index contributed by atoms with van der Waals surface area (Å²) >= 11 is 0. The van der Waals surface area contributed by atoms with Crippen molar-refractivity contribution >= 4 is 0 Å². The van der Waals surface area contributed by atoms with E-state index in [1.807, 2.05) is 6.07 Å². The molecule has 0 aliphatic carbocycles. The van der Waals surface area contributed by atoms with Crippen LogP contribution in [0.5, 0.6) is 0 Å². The number of hydrogen-bond donors (Lipinski definition) is 2. The molecule has 0 aromatic carbocycles. The van der Waals surface area contributed by atoms with Crippen LogP contribution in [-0.4, -0.2) is 37.3 Å². The third-order valence-corrected chi connectivity index (χ3v) is 1.80. The summed E-state index contributed by atoms with van der Waals surface area (Å²) in [5.41, 5.74) is -1.09. The average Bonchev–Trinajstić information content (AvgIpc) is 2.30. The van der Waals surface area contributed by atoms with Gasteiger partial charge in [-0.05, 0) is 12.2 Å². The van der Waals surface area contributed by atoms with Crippen LogP contribution in [0.3, 0.4) is 0 Å². The van der Waals surface area contributed by atoms with Gasteiger partial charge in [0.1, 0.15) is 6.07 Å². The van der Waals surface area contributed by atoms with Gasteiger partial charge in [-0.1, -0.05) is 6.08 Å². The van der Waals surface area contributed by atoms with Crippen LogP contribution in [0.25, 0.3) is 0 Å². The lowest BCUT2D eigenvalue weighted by atomic mass is 10.2. The largest absolute Gasteiger partial charge is 0.394 e. The second kappa shape index (κ2) is 6.19. The van der Waals surface area contributed by atoms with Crippen molar-refractivity contribution in [3.63, 3.8) is 0 Å². The minimum absolute atomic E-state index is 0.00964. The monoisotopic (exact) mass is 210 g/mol. The van der Waals surface area contributed by atoms with Gasteiger partial charge in [0.05, 0.1) is 26.4 Å². The Bertz CT molecular complexity index is 283. The van der Waals surface area contributed by atoms with Crippen molar-refractivity contribution in [2.24, 2.45) is 0 Å². The van der Waals surface area contributed by atoms with Crippen LogP contribution in [0.1, 0.15) is 0 Å². The lowest BCUT2D eigenvalue weighted by molar-refractivity contribution is -0.0244. The average molecular weight is 210 g/mol. The highest BCUT2D eigenvalue weighted by Gasteiger charge is 2.26. The first kappa shape index (κ1) is 11.7. The van der Waals surface area contributed by atoms with E-state index in [2.05, 4.69) is 5.32 Å². The van der Waals surface area contributed by atoms with Crippen LogP contribution in [0.2, 0.25) is 0 Å². The van der Waals surface area contributed by atoms with Crippen LogP contribution < -0.4 is 5.32 Å². The van der Waals surface area contributed by atoms with Gasteiger partial charge in [-0.2, -0.15) is 5.26 Å². The number of aliphatic hydroxyl groups excluding tert-OH is 1. The van der Waals surface area contributed by atoms with E-state index in [-0.39, 0.29) is 13.2 Å². The number of allylic oxidation sites excluding steroid dienone is 2. The number of rotatable bonds is 6. The van der Waals surface area contributed by atoms with E-state index < -0.39 is 5.72 Å². The topological polar surface area (TPSA) is 74.5 Å².